The van der Waals surface area contributed by atoms with Crippen LogP contribution in [-0.2, 0) is 89.6 Å². The highest BCUT2D eigenvalue weighted by Gasteiger charge is 2.42. The summed E-state index contributed by atoms with van der Waals surface area (Å²) in [6.45, 7) is 24.5. The molecule has 28 nitrogen and oxygen atoms in total. The molecule has 2 aliphatic rings. The smallest absolute Gasteiger partial charge is 0.326 e. The maximum Gasteiger partial charge on any atom is 0.326 e. The maximum absolute atomic E-state index is 15.4. The van der Waals surface area contributed by atoms with Gasteiger partial charge in [0.1, 0.15) is 58.5 Å². The van der Waals surface area contributed by atoms with Crippen molar-refractivity contribution >= 4 is 73.4 Å². The molecule has 0 spiro atoms. The van der Waals surface area contributed by atoms with E-state index in [0.717, 1.165) is 38.9 Å². The fourth-order valence-corrected chi connectivity index (χ4v) is 18.5. The Labute approximate surface area is 704 Å². The van der Waals surface area contributed by atoms with E-state index in [1.54, 1.807) is 123 Å². The van der Waals surface area contributed by atoms with E-state index in [9.17, 15) is 36.3 Å². The Hall–Kier alpha value is -11.2. The second-order valence-corrected chi connectivity index (χ2v) is 36.6. The molecular weight excluding hydrogens is 1570 g/mol. The Kier molecular flexibility index (Phi) is 30.7. The molecule has 2 heterocycles. The molecule has 30 heteroatoms. The third kappa shape index (κ3) is 24.1. The van der Waals surface area contributed by atoms with Gasteiger partial charge in [-0.05, 0) is 216 Å². The third-order valence-corrected chi connectivity index (χ3v) is 24.8. The summed E-state index contributed by atoms with van der Waals surface area (Å²) in [6, 6.07) is 36.4. The van der Waals surface area contributed by atoms with Gasteiger partial charge in [-0.1, -0.05) is 151 Å². The lowest BCUT2D eigenvalue weighted by Crippen LogP contribution is -2.60. The highest BCUT2D eigenvalue weighted by Crippen LogP contribution is 2.46. The number of rotatable bonds is 38. The molecule has 15 N–H and O–H groups in total. The summed E-state index contributed by atoms with van der Waals surface area (Å²) in [4.78, 5) is 102. The average Bonchev–Trinajstić information content (AvgIpc) is 1.56. The number of hydrogen-bond acceptors (Lipinski definition) is 18. The van der Waals surface area contributed by atoms with E-state index in [-0.39, 0.29) is 74.2 Å². The Bertz CT molecular complexity index is 5090. The number of amides is 5. The minimum Gasteiger partial charge on any atom is -0.487 e. The van der Waals surface area contributed by atoms with Gasteiger partial charge in [0.15, 0.2) is 0 Å². The van der Waals surface area contributed by atoms with E-state index in [1.165, 1.54) is 0 Å². The van der Waals surface area contributed by atoms with Crippen LogP contribution in [0.2, 0.25) is 0 Å². The molecule has 2 aliphatic heterocycles. The van der Waals surface area contributed by atoms with Crippen LogP contribution in [0.15, 0.2) is 155 Å². The molecule has 644 valence electrons. The number of nitrogens with two attached hydrogens (primary N) is 1. The summed E-state index contributed by atoms with van der Waals surface area (Å²) in [5, 5.41) is 51.2. The van der Waals surface area contributed by atoms with Crippen LogP contribution in [0.5, 0.6) is 11.5 Å². The molecule has 9 rings (SSSR count). The minimum atomic E-state index is -4.42. The van der Waals surface area contributed by atoms with Gasteiger partial charge in [0.25, 0.3) is 20.0 Å². The molecule has 0 bridgehead atoms. The normalized spacial score (nSPS) is 14.9. The maximum atomic E-state index is 15.4. The van der Waals surface area contributed by atoms with Crippen molar-refractivity contribution in [2.24, 2.45) is 5.73 Å². The average molecular weight is 1690 g/mol. The summed E-state index contributed by atoms with van der Waals surface area (Å²) < 4.78 is 79.8. The molecule has 5 amide bonds. The second kappa shape index (κ2) is 39.8. The van der Waals surface area contributed by atoms with E-state index >= 15 is 19.2 Å². The Balaban J connectivity index is 0.986. The first-order valence-corrected chi connectivity index (χ1v) is 43.5. The van der Waals surface area contributed by atoms with Crippen LogP contribution in [0, 0.1) is 59.3 Å². The summed E-state index contributed by atoms with van der Waals surface area (Å²) >= 11 is 0. The molecule has 0 saturated heterocycles. The van der Waals surface area contributed by atoms with Crippen LogP contribution in [0.3, 0.4) is 0 Å². The summed E-state index contributed by atoms with van der Waals surface area (Å²) in [6.07, 6.45) is -0.294. The van der Waals surface area contributed by atoms with Crippen molar-refractivity contribution in [1.29, 1.82) is 10.8 Å². The largest absolute Gasteiger partial charge is 0.487 e. The van der Waals surface area contributed by atoms with Crippen LogP contribution in [-0.4, -0.2) is 148 Å². The van der Waals surface area contributed by atoms with Gasteiger partial charge in [0.05, 0.1) is 27.8 Å². The van der Waals surface area contributed by atoms with E-state index in [4.69, 9.17) is 30.8 Å². The zero-order chi connectivity index (χ0) is 87.8. The fourth-order valence-electron chi connectivity index (χ4n) is 15.5. The van der Waals surface area contributed by atoms with Gasteiger partial charge in [-0.3, -0.25) is 44.9 Å². The molecule has 6 atom stereocenters. The predicted molar refractivity (Wildman–Crippen MR) is 461 cm³/mol. The number of fused-ring (bicyclic) bond motifs is 2. The Morgan fingerprint density at radius 1 is 0.467 bits per heavy atom. The fraction of sp³-hybridized carbons (Fsp3) is 0.433. The Morgan fingerprint density at radius 3 is 1.27 bits per heavy atom. The van der Waals surface area contributed by atoms with Gasteiger partial charge in [0, 0.05) is 43.5 Å². The number of hydrogen-bond donors (Lipinski definition) is 14. The van der Waals surface area contributed by atoms with Crippen molar-refractivity contribution in [2.75, 3.05) is 19.6 Å². The van der Waals surface area contributed by atoms with E-state index in [0.29, 0.717) is 76.3 Å². The number of carbonyl (C=O) groups is 7. The van der Waals surface area contributed by atoms with Gasteiger partial charge in [-0.25, -0.2) is 31.1 Å². The first kappa shape index (κ1) is 92.7. The van der Waals surface area contributed by atoms with Crippen molar-refractivity contribution in [1.82, 2.24) is 52.0 Å². The lowest BCUT2D eigenvalue weighted by molar-refractivity contribution is -0.156. The number of carboxylic acid groups (broad SMARTS) is 1. The number of carbonyl (C=O) groups excluding carboxylic acids is 6. The quantitative estimate of drug-likeness (QED) is 0.00564. The molecule has 0 aliphatic carbocycles. The standard InChI is InChI=1S/C90H117N13O15S2/c1-54-42-44-65(45-43-54)90(63-35-23-17-24-36-63,64-37-25-18-26-38-64)96-48-28-27-39-71(84(110)111)99-80(106)69(40-29-46-94-85(92)102-119(112,113)77-57(4)55(2)75-66(59(77)6)52-88(11,12)117-75)98-83(109)73(51-74(104)116-87(8,9)10)101-81(107)70(97-82(108)72(50-62-33-21-16-22-34-62)100-79(105)68(91)49-61-31-19-15-20-32-61)41-30-47-95-86(93)103-120(114,115)78-58(5)56(3)76-67(60(78)7)53-89(13,14)118-76/h15-26,31-38,42-45,68-73,96H,27-30,39-41,46-53,91H2,1-14H3,(H,97,108)(H,98,109)(H,99,106)(H,100,105)(H,101,107)(H,110,111)(H3,92,94,102)(H3,93,95,103)/t68-,69-,70-,71-,72-,73-/m0/s1. The number of esters is 1. The molecule has 0 fully saturated rings. The zero-order valence-electron chi connectivity index (χ0n) is 71.0. The van der Waals surface area contributed by atoms with Crippen molar-refractivity contribution in [3.8, 4) is 11.5 Å². The van der Waals surface area contributed by atoms with Gasteiger partial charge in [0.2, 0.25) is 41.5 Å². The SMILES string of the molecule is Cc1ccc(C(NCCCC[C@H](NC(=O)[C@H](CCCNC(=N)NS(=O)(=O)c2c(C)c(C)c3c(c2C)CC(C)(C)O3)NC(=O)[C@H](CC(=O)OC(C)(C)C)NC(=O)[C@H](CCCNC(=N)NS(=O)(=O)c2c(C)c(C)c3c(c2C)CC(C)(C)O3)NC(=O)[C@H](Cc2ccccc2)NC(=O)[C@@H](N)Cc2ccccc2)C(=O)O)(c2ccccc2)c2ccccc2)cc1. The third-order valence-electron chi connectivity index (χ3n) is 21.6. The lowest BCUT2D eigenvalue weighted by Gasteiger charge is -2.37. The number of ether oxygens (including phenoxy) is 3. The monoisotopic (exact) mass is 1680 g/mol. The van der Waals surface area contributed by atoms with Crippen molar-refractivity contribution in [2.45, 2.75) is 242 Å². The van der Waals surface area contributed by atoms with Crippen LogP contribution >= 0.6 is 0 Å². The first-order valence-electron chi connectivity index (χ1n) is 40.6. The number of guanidine groups is 2. The highest BCUT2D eigenvalue weighted by molar-refractivity contribution is 7.90. The van der Waals surface area contributed by atoms with E-state index in [2.05, 4.69) is 64.1 Å². The molecular formula is C90H117N13O15S2. The number of nitrogens with one attached hydrogen (secondary N) is 12. The van der Waals surface area contributed by atoms with Crippen molar-refractivity contribution in [3.05, 3.63) is 223 Å². The molecule has 0 aromatic heterocycles. The first-order chi connectivity index (χ1) is 56.5. The molecule has 0 saturated carbocycles. The number of carboxylic acids is 1. The van der Waals surface area contributed by atoms with Crippen molar-refractivity contribution in [3.63, 3.8) is 0 Å². The lowest BCUT2D eigenvalue weighted by atomic mass is 9.76. The van der Waals surface area contributed by atoms with Gasteiger partial charge < -0.3 is 62.3 Å². The molecule has 0 unspecified atom stereocenters. The summed E-state index contributed by atoms with van der Waals surface area (Å²) in [5.74, 6) is -7.29. The van der Waals surface area contributed by atoms with E-state index < -0.39 is 138 Å². The second-order valence-electron chi connectivity index (χ2n) is 33.4. The topological polar surface area (TPSA) is 430 Å². The predicted octanol–water partition coefficient (Wildman–Crippen LogP) is 8.94. The van der Waals surface area contributed by atoms with Gasteiger partial charge in [-0.15, -0.1) is 0 Å². The minimum absolute atomic E-state index is 0.0191. The van der Waals surface area contributed by atoms with Crippen LogP contribution < -0.4 is 67.2 Å². The highest BCUT2D eigenvalue weighted by atomic mass is 32.2. The molecule has 7 aromatic rings. The van der Waals surface area contributed by atoms with Crippen LogP contribution in [0.1, 0.15) is 178 Å². The molecule has 7 aromatic carbocycles. The number of unbranched alkanes of at least 4 members (excludes halogenated alkanes) is 1. The Morgan fingerprint density at radius 2 is 0.842 bits per heavy atom. The number of sulfonamides is 2. The molecule has 120 heavy (non-hydrogen) atoms. The van der Waals surface area contributed by atoms with Crippen LogP contribution in [0.4, 0.5) is 0 Å². The van der Waals surface area contributed by atoms with Crippen LogP contribution in [0.25, 0.3) is 0 Å². The summed E-state index contributed by atoms with van der Waals surface area (Å²) in [7, 11) is -8.83. The van der Waals surface area contributed by atoms with Gasteiger partial charge in [-0.2, -0.15) is 0 Å². The number of benzene rings is 7. The number of aryl methyl sites for hydroxylation is 1. The van der Waals surface area contributed by atoms with Gasteiger partial charge >= 0.3 is 11.9 Å². The molecule has 0 radical (unpaired) electrons. The zero-order valence-corrected chi connectivity index (χ0v) is 72.6. The van der Waals surface area contributed by atoms with E-state index in [1.807, 2.05) is 107 Å². The summed E-state index contributed by atoms with van der Waals surface area (Å²) in [5.41, 5.74) is 13.1. The number of aliphatic carboxylic acids is 1. The van der Waals surface area contributed by atoms with Crippen molar-refractivity contribution < 1.29 is 69.7 Å².